The van der Waals surface area contributed by atoms with E-state index in [1.807, 2.05) is 19.1 Å². The molecule has 5 N–H and O–H groups in total. The molecule has 23 heavy (non-hydrogen) atoms. The van der Waals surface area contributed by atoms with Crippen LogP contribution in [0.5, 0.6) is 11.5 Å². The number of phenols is 2. The van der Waals surface area contributed by atoms with Crippen LogP contribution in [-0.4, -0.2) is 21.5 Å². The Kier molecular flexibility index (Phi) is 3.54. The molecule has 3 rings (SSSR count). The van der Waals surface area contributed by atoms with E-state index in [-0.39, 0.29) is 11.5 Å². The van der Waals surface area contributed by atoms with Gasteiger partial charge in [-0.3, -0.25) is 4.79 Å². The van der Waals surface area contributed by atoms with E-state index in [4.69, 9.17) is 5.73 Å². The first-order chi connectivity index (χ1) is 11.0. The number of phenolic OH excluding ortho intramolecular Hbond substituents is 2. The summed E-state index contributed by atoms with van der Waals surface area (Å²) in [4.78, 5) is 14.2. The first-order valence-corrected chi connectivity index (χ1v) is 7.06. The third-order valence-corrected chi connectivity index (χ3v) is 3.86. The minimum atomic E-state index is -0.188. The third kappa shape index (κ3) is 2.53. The monoisotopic (exact) mass is 308 g/mol. The zero-order valence-corrected chi connectivity index (χ0v) is 12.5. The van der Waals surface area contributed by atoms with Crippen LogP contribution >= 0.6 is 0 Å². The summed E-state index contributed by atoms with van der Waals surface area (Å²) in [5, 5.41) is 19.1. The molecule has 0 aliphatic rings. The van der Waals surface area contributed by atoms with Gasteiger partial charge in [0.1, 0.15) is 0 Å². The Morgan fingerprint density at radius 1 is 1.04 bits per heavy atom. The second-order valence-corrected chi connectivity index (χ2v) is 5.38. The van der Waals surface area contributed by atoms with Gasteiger partial charge in [0, 0.05) is 23.0 Å². The van der Waals surface area contributed by atoms with Crippen molar-refractivity contribution in [3.05, 3.63) is 53.9 Å². The highest BCUT2D eigenvalue weighted by Gasteiger charge is 2.14. The number of nitrogen functional groups attached to an aromatic ring is 1. The van der Waals surface area contributed by atoms with Gasteiger partial charge >= 0.3 is 0 Å². The average molecular weight is 308 g/mol. The molecule has 0 saturated carbocycles. The van der Waals surface area contributed by atoms with Crippen LogP contribution in [0.3, 0.4) is 0 Å². The molecular weight excluding hydrogens is 292 g/mol. The van der Waals surface area contributed by atoms with Crippen molar-refractivity contribution >= 4 is 12.0 Å². The SMILES string of the molecule is Cc1c[nH]c(C=O)c1-c1cc(-c2ccc(O)c(O)c2)ccc1N. The van der Waals surface area contributed by atoms with Crippen LogP contribution in [0.15, 0.2) is 42.6 Å². The van der Waals surface area contributed by atoms with Gasteiger partial charge in [0.25, 0.3) is 0 Å². The number of H-pyrrole nitrogens is 1. The van der Waals surface area contributed by atoms with Gasteiger partial charge in [-0.15, -0.1) is 0 Å². The highest BCUT2D eigenvalue weighted by Crippen LogP contribution is 2.36. The van der Waals surface area contributed by atoms with Crippen molar-refractivity contribution in [2.75, 3.05) is 5.73 Å². The largest absolute Gasteiger partial charge is 0.504 e. The molecule has 0 spiro atoms. The predicted molar refractivity (Wildman–Crippen MR) is 89.5 cm³/mol. The molecule has 0 atom stereocenters. The summed E-state index contributed by atoms with van der Waals surface area (Å²) in [7, 11) is 0. The Hall–Kier alpha value is -3.21. The van der Waals surface area contributed by atoms with Crippen molar-refractivity contribution < 1.29 is 15.0 Å². The summed E-state index contributed by atoms with van der Waals surface area (Å²) in [5.74, 6) is -0.360. The van der Waals surface area contributed by atoms with Crippen molar-refractivity contribution in [1.29, 1.82) is 0 Å². The maximum Gasteiger partial charge on any atom is 0.166 e. The van der Waals surface area contributed by atoms with Crippen LogP contribution in [0.1, 0.15) is 16.1 Å². The molecule has 2 aromatic carbocycles. The van der Waals surface area contributed by atoms with E-state index < -0.39 is 0 Å². The van der Waals surface area contributed by atoms with Crippen LogP contribution in [0.2, 0.25) is 0 Å². The second-order valence-electron chi connectivity index (χ2n) is 5.38. The van der Waals surface area contributed by atoms with E-state index in [1.165, 1.54) is 12.1 Å². The van der Waals surface area contributed by atoms with Crippen molar-refractivity contribution in [2.45, 2.75) is 6.92 Å². The summed E-state index contributed by atoms with van der Waals surface area (Å²) in [6.07, 6.45) is 2.53. The molecule has 0 radical (unpaired) electrons. The van der Waals surface area contributed by atoms with Crippen molar-refractivity contribution in [3.63, 3.8) is 0 Å². The molecule has 5 nitrogen and oxygen atoms in total. The fraction of sp³-hybridized carbons (Fsp3) is 0.0556. The summed E-state index contributed by atoms with van der Waals surface area (Å²) >= 11 is 0. The molecule has 0 unspecified atom stereocenters. The normalized spacial score (nSPS) is 10.7. The van der Waals surface area contributed by atoms with E-state index >= 15 is 0 Å². The Morgan fingerprint density at radius 2 is 1.74 bits per heavy atom. The standard InChI is InChI=1S/C18H16N2O3/c1-10-8-20-15(9-21)18(10)13-6-11(2-4-14(13)19)12-3-5-16(22)17(23)7-12/h2-9,20,22-23H,19H2,1H3. The molecule has 3 aromatic rings. The first-order valence-electron chi connectivity index (χ1n) is 7.06. The minimum Gasteiger partial charge on any atom is -0.504 e. The van der Waals surface area contributed by atoms with Gasteiger partial charge in [-0.2, -0.15) is 0 Å². The predicted octanol–water partition coefficient (Wildman–Crippen LogP) is 3.46. The smallest absolute Gasteiger partial charge is 0.166 e. The van der Waals surface area contributed by atoms with Gasteiger partial charge in [-0.05, 0) is 47.9 Å². The number of nitrogens with two attached hydrogens (primary N) is 1. The van der Waals surface area contributed by atoms with Gasteiger partial charge in [-0.25, -0.2) is 0 Å². The number of aromatic amines is 1. The van der Waals surface area contributed by atoms with E-state index in [9.17, 15) is 15.0 Å². The number of hydrogen-bond acceptors (Lipinski definition) is 4. The summed E-state index contributed by atoms with van der Waals surface area (Å²) in [6.45, 7) is 1.90. The molecule has 0 bridgehead atoms. The molecular formula is C18H16N2O3. The van der Waals surface area contributed by atoms with Gasteiger partial charge < -0.3 is 20.9 Å². The van der Waals surface area contributed by atoms with E-state index in [1.54, 1.807) is 18.3 Å². The number of anilines is 1. The number of rotatable bonds is 3. The Bertz CT molecular complexity index is 897. The Labute approximate surface area is 133 Å². The van der Waals surface area contributed by atoms with Gasteiger partial charge in [-0.1, -0.05) is 12.1 Å². The lowest BCUT2D eigenvalue weighted by atomic mass is 9.95. The first kappa shape index (κ1) is 14.7. The summed E-state index contributed by atoms with van der Waals surface area (Å²) in [5.41, 5.74) is 11.1. The molecule has 1 aromatic heterocycles. The zero-order chi connectivity index (χ0) is 16.6. The van der Waals surface area contributed by atoms with E-state index in [0.717, 1.165) is 34.1 Å². The van der Waals surface area contributed by atoms with Gasteiger partial charge in [0.05, 0.1) is 5.69 Å². The maximum atomic E-state index is 11.2. The fourth-order valence-electron chi connectivity index (χ4n) is 2.65. The number of carbonyl (C=O) groups is 1. The summed E-state index contributed by atoms with van der Waals surface area (Å²) in [6, 6.07) is 10.1. The molecule has 1 heterocycles. The molecule has 0 saturated heterocycles. The second kappa shape index (κ2) is 5.53. The van der Waals surface area contributed by atoms with Crippen molar-refractivity contribution in [1.82, 2.24) is 4.98 Å². The molecule has 0 aliphatic heterocycles. The fourth-order valence-corrected chi connectivity index (χ4v) is 2.65. The van der Waals surface area contributed by atoms with Crippen molar-refractivity contribution in [2.24, 2.45) is 0 Å². The summed E-state index contributed by atoms with van der Waals surface area (Å²) < 4.78 is 0. The number of aryl methyl sites for hydroxylation is 1. The molecule has 0 aliphatic carbocycles. The van der Waals surface area contributed by atoms with Crippen LogP contribution in [-0.2, 0) is 0 Å². The number of aromatic hydroxyl groups is 2. The molecule has 5 heteroatoms. The van der Waals surface area contributed by atoms with Crippen LogP contribution in [0.25, 0.3) is 22.3 Å². The zero-order valence-electron chi connectivity index (χ0n) is 12.5. The minimum absolute atomic E-state index is 0.172. The molecule has 0 fully saturated rings. The number of aromatic nitrogens is 1. The lowest BCUT2D eigenvalue weighted by molar-refractivity contribution is 0.112. The maximum absolute atomic E-state index is 11.2. The van der Waals surface area contributed by atoms with Crippen LogP contribution in [0, 0.1) is 6.92 Å². The van der Waals surface area contributed by atoms with E-state index in [0.29, 0.717) is 11.4 Å². The average Bonchev–Trinajstić information content (AvgIpc) is 2.91. The molecule has 116 valence electrons. The number of aldehydes is 1. The molecule has 0 amide bonds. The lowest BCUT2D eigenvalue weighted by Crippen LogP contribution is -1.94. The Balaban J connectivity index is 2.18. The highest BCUT2D eigenvalue weighted by molar-refractivity contribution is 5.93. The van der Waals surface area contributed by atoms with Gasteiger partial charge in [0.15, 0.2) is 17.8 Å². The topological polar surface area (TPSA) is 99.3 Å². The number of nitrogens with one attached hydrogen (secondary N) is 1. The number of hydrogen-bond donors (Lipinski definition) is 4. The number of benzene rings is 2. The third-order valence-electron chi connectivity index (χ3n) is 3.86. The van der Waals surface area contributed by atoms with Crippen LogP contribution < -0.4 is 5.73 Å². The Morgan fingerprint density at radius 3 is 2.43 bits per heavy atom. The quantitative estimate of drug-likeness (QED) is 0.338. The van der Waals surface area contributed by atoms with E-state index in [2.05, 4.69) is 4.98 Å². The van der Waals surface area contributed by atoms with Gasteiger partial charge in [0.2, 0.25) is 0 Å². The van der Waals surface area contributed by atoms with Crippen LogP contribution in [0.4, 0.5) is 5.69 Å². The number of carbonyl (C=O) groups excluding carboxylic acids is 1. The lowest BCUT2D eigenvalue weighted by Gasteiger charge is -2.11. The highest BCUT2D eigenvalue weighted by atomic mass is 16.3. The van der Waals surface area contributed by atoms with Crippen molar-refractivity contribution in [3.8, 4) is 33.8 Å².